The minimum atomic E-state index is -1.52. The van der Waals surface area contributed by atoms with Crippen LogP contribution in [0.1, 0.15) is 0 Å². The minimum Gasteiger partial charge on any atom is -0.457 e. The zero-order valence-electron chi connectivity index (χ0n) is 5.99. The lowest BCUT2D eigenvalue weighted by atomic mass is 10.1. The first-order chi connectivity index (χ1) is 5.66. The van der Waals surface area contributed by atoms with Gasteiger partial charge in [-0.05, 0) is 5.53 Å². The van der Waals surface area contributed by atoms with Gasteiger partial charge in [0.2, 0.25) is 0 Å². The minimum absolute atomic E-state index is 0.166. The van der Waals surface area contributed by atoms with Crippen molar-refractivity contribution in [2.45, 2.75) is 18.3 Å². The van der Waals surface area contributed by atoms with Crippen LogP contribution in [0.2, 0.25) is 0 Å². The monoisotopic (exact) mass is 173 g/mol. The standard InChI is InChI=1S/C5H7N3O4/c6-8-7-1-2-3(9)4(10)5(11)12-2/h2-4,9-10H,1H2/t2-,3-,4-/m1/s1. The van der Waals surface area contributed by atoms with Crippen LogP contribution in [0.15, 0.2) is 5.11 Å². The molecule has 0 saturated carbocycles. The molecule has 0 amide bonds. The van der Waals surface area contributed by atoms with Crippen LogP contribution in [0, 0.1) is 0 Å². The van der Waals surface area contributed by atoms with Gasteiger partial charge in [-0.3, -0.25) is 0 Å². The average molecular weight is 173 g/mol. The molecular formula is C5H7N3O4. The molecular weight excluding hydrogens is 166 g/mol. The van der Waals surface area contributed by atoms with Crippen molar-refractivity contribution >= 4 is 5.97 Å². The number of hydrogen-bond donors (Lipinski definition) is 2. The zero-order chi connectivity index (χ0) is 9.14. The van der Waals surface area contributed by atoms with Crippen LogP contribution in [0.5, 0.6) is 0 Å². The Balaban J connectivity index is 2.58. The third kappa shape index (κ3) is 1.48. The van der Waals surface area contributed by atoms with Gasteiger partial charge in [0.25, 0.3) is 0 Å². The molecule has 1 heterocycles. The first kappa shape index (κ1) is 8.79. The van der Waals surface area contributed by atoms with Gasteiger partial charge in [0, 0.05) is 4.91 Å². The fourth-order valence-corrected chi connectivity index (χ4v) is 0.894. The zero-order valence-corrected chi connectivity index (χ0v) is 5.99. The summed E-state index contributed by atoms with van der Waals surface area (Å²) in [5.74, 6) is -0.888. The van der Waals surface area contributed by atoms with Crippen LogP contribution in [0.25, 0.3) is 10.4 Å². The van der Waals surface area contributed by atoms with E-state index >= 15 is 0 Å². The molecule has 1 rings (SSSR count). The number of nitrogens with zero attached hydrogens (tertiary/aromatic N) is 3. The number of cyclic esters (lactones) is 1. The fraction of sp³-hybridized carbons (Fsp3) is 0.800. The lowest BCUT2D eigenvalue weighted by Crippen LogP contribution is -2.32. The van der Waals surface area contributed by atoms with E-state index in [1.54, 1.807) is 0 Å². The van der Waals surface area contributed by atoms with Crippen LogP contribution >= 0.6 is 0 Å². The molecule has 0 aromatic carbocycles. The number of hydrogen-bond acceptors (Lipinski definition) is 5. The fourth-order valence-electron chi connectivity index (χ4n) is 0.894. The number of aliphatic hydroxyl groups is 2. The number of esters is 1. The molecule has 3 atom stereocenters. The molecule has 0 aliphatic carbocycles. The van der Waals surface area contributed by atoms with Crippen molar-refractivity contribution in [3.63, 3.8) is 0 Å². The van der Waals surface area contributed by atoms with Crippen LogP contribution in [0.3, 0.4) is 0 Å². The van der Waals surface area contributed by atoms with Crippen LogP contribution in [-0.2, 0) is 9.53 Å². The SMILES string of the molecule is [N-]=[N+]=NC[C@H]1OC(=O)[C@H](O)[C@@H]1O. The highest BCUT2D eigenvalue weighted by Gasteiger charge is 2.41. The van der Waals surface area contributed by atoms with Gasteiger partial charge >= 0.3 is 5.97 Å². The summed E-state index contributed by atoms with van der Waals surface area (Å²) in [6.07, 6.45) is -3.75. The van der Waals surface area contributed by atoms with E-state index in [2.05, 4.69) is 14.8 Å². The van der Waals surface area contributed by atoms with E-state index in [-0.39, 0.29) is 6.54 Å². The molecule has 0 bridgehead atoms. The Bertz CT molecular complexity index is 235. The van der Waals surface area contributed by atoms with Gasteiger partial charge in [-0.25, -0.2) is 4.79 Å². The van der Waals surface area contributed by atoms with Crippen molar-refractivity contribution < 1.29 is 19.7 Å². The van der Waals surface area contributed by atoms with Crippen LogP contribution < -0.4 is 0 Å². The molecule has 0 spiro atoms. The van der Waals surface area contributed by atoms with Crippen molar-refractivity contribution in [1.82, 2.24) is 0 Å². The molecule has 1 fully saturated rings. The lowest BCUT2D eigenvalue weighted by Gasteiger charge is -2.08. The summed E-state index contributed by atoms with van der Waals surface area (Å²) in [6, 6.07) is 0. The molecule has 0 unspecified atom stereocenters. The lowest BCUT2D eigenvalue weighted by molar-refractivity contribution is -0.147. The molecule has 0 aromatic rings. The highest BCUT2D eigenvalue weighted by molar-refractivity contribution is 5.77. The molecule has 1 aliphatic heterocycles. The Labute approximate surface area is 67.2 Å². The largest absolute Gasteiger partial charge is 0.457 e. The summed E-state index contributed by atoms with van der Waals surface area (Å²) in [5, 5.41) is 21.1. The summed E-state index contributed by atoms with van der Waals surface area (Å²) in [6.45, 7) is -0.166. The quantitative estimate of drug-likeness (QED) is 0.239. The maximum atomic E-state index is 10.6. The smallest absolute Gasteiger partial charge is 0.338 e. The van der Waals surface area contributed by atoms with Gasteiger partial charge in [0.05, 0.1) is 6.54 Å². The maximum Gasteiger partial charge on any atom is 0.338 e. The Morgan fingerprint density at radius 1 is 1.67 bits per heavy atom. The van der Waals surface area contributed by atoms with E-state index in [0.29, 0.717) is 0 Å². The number of azide groups is 1. The number of rotatable bonds is 2. The maximum absolute atomic E-state index is 10.6. The molecule has 0 aromatic heterocycles. The van der Waals surface area contributed by atoms with Crippen molar-refractivity contribution in [3.8, 4) is 0 Å². The Hall–Kier alpha value is -1.30. The van der Waals surface area contributed by atoms with E-state index in [4.69, 9.17) is 15.7 Å². The first-order valence-corrected chi connectivity index (χ1v) is 3.24. The first-order valence-electron chi connectivity index (χ1n) is 3.24. The summed E-state index contributed by atoms with van der Waals surface area (Å²) in [4.78, 5) is 13.0. The highest BCUT2D eigenvalue weighted by atomic mass is 16.6. The molecule has 1 aliphatic rings. The summed E-state index contributed by atoms with van der Waals surface area (Å²) in [5.41, 5.74) is 7.92. The Kier molecular flexibility index (Phi) is 2.49. The Morgan fingerprint density at radius 3 is 2.75 bits per heavy atom. The summed E-state index contributed by atoms with van der Waals surface area (Å²) < 4.78 is 4.48. The molecule has 66 valence electrons. The highest BCUT2D eigenvalue weighted by Crippen LogP contribution is 2.15. The van der Waals surface area contributed by atoms with Crippen molar-refractivity contribution in [1.29, 1.82) is 0 Å². The average Bonchev–Trinajstić information content (AvgIpc) is 2.30. The molecule has 0 radical (unpaired) electrons. The number of aliphatic hydroxyl groups excluding tert-OH is 2. The third-order valence-corrected chi connectivity index (χ3v) is 1.54. The number of ether oxygens (including phenoxy) is 1. The number of carbonyl (C=O) groups excluding carboxylic acids is 1. The predicted octanol–water partition coefficient (Wildman–Crippen LogP) is -1.06. The van der Waals surface area contributed by atoms with Gasteiger partial charge < -0.3 is 14.9 Å². The van der Waals surface area contributed by atoms with Crippen LogP contribution in [-0.4, -0.2) is 41.0 Å². The van der Waals surface area contributed by atoms with Gasteiger partial charge in [0.1, 0.15) is 12.2 Å². The summed E-state index contributed by atoms with van der Waals surface area (Å²) in [7, 11) is 0. The van der Waals surface area contributed by atoms with E-state index in [9.17, 15) is 4.79 Å². The second-order valence-corrected chi connectivity index (χ2v) is 2.32. The topological polar surface area (TPSA) is 116 Å². The van der Waals surface area contributed by atoms with E-state index in [0.717, 1.165) is 0 Å². The van der Waals surface area contributed by atoms with Gasteiger partial charge in [0.15, 0.2) is 6.10 Å². The van der Waals surface area contributed by atoms with E-state index < -0.39 is 24.3 Å². The molecule has 7 nitrogen and oxygen atoms in total. The normalized spacial score (nSPS) is 34.2. The number of carbonyl (C=O) groups is 1. The Morgan fingerprint density at radius 2 is 2.33 bits per heavy atom. The second kappa shape index (κ2) is 3.40. The van der Waals surface area contributed by atoms with Gasteiger partial charge in [-0.2, -0.15) is 0 Å². The molecule has 12 heavy (non-hydrogen) atoms. The van der Waals surface area contributed by atoms with E-state index in [1.807, 2.05) is 0 Å². The van der Waals surface area contributed by atoms with Crippen molar-refractivity contribution in [3.05, 3.63) is 10.4 Å². The molecule has 2 N–H and O–H groups in total. The third-order valence-electron chi connectivity index (χ3n) is 1.54. The van der Waals surface area contributed by atoms with E-state index in [1.165, 1.54) is 0 Å². The second-order valence-electron chi connectivity index (χ2n) is 2.32. The van der Waals surface area contributed by atoms with Crippen molar-refractivity contribution in [2.75, 3.05) is 6.54 Å². The predicted molar refractivity (Wildman–Crippen MR) is 35.9 cm³/mol. The molecule has 7 heteroatoms. The van der Waals surface area contributed by atoms with Crippen LogP contribution in [0.4, 0.5) is 0 Å². The van der Waals surface area contributed by atoms with Gasteiger partial charge in [-0.1, -0.05) is 5.11 Å². The van der Waals surface area contributed by atoms with Crippen molar-refractivity contribution in [2.24, 2.45) is 5.11 Å². The summed E-state index contributed by atoms with van der Waals surface area (Å²) >= 11 is 0. The molecule has 1 saturated heterocycles. The van der Waals surface area contributed by atoms with Gasteiger partial charge in [-0.15, -0.1) is 0 Å².